The lowest BCUT2D eigenvalue weighted by Gasteiger charge is -2.09. The second-order valence-corrected chi connectivity index (χ2v) is 3.02. The van der Waals surface area contributed by atoms with Crippen molar-refractivity contribution in [2.24, 2.45) is 5.11 Å². The van der Waals surface area contributed by atoms with Gasteiger partial charge in [-0.15, -0.1) is 0 Å². The highest BCUT2D eigenvalue weighted by molar-refractivity contribution is 5.16. The van der Waals surface area contributed by atoms with E-state index in [4.69, 9.17) is 5.53 Å². The summed E-state index contributed by atoms with van der Waals surface area (Å²) in [4.78, 5) is 2.65. The lowest BCUT2D eigenvalue weighted by atomic mass is 10.1. The Labute approximate surface area is 82.8 Å². The summed E-state index contributed by atoms with van der Waals surface area (Å²) in [5, 5.41) is 13.1. The van der Waals surface area contributed by atoms with E-state index in [0.29, 0.717) is 19.4 Å². The molecule has 1 N–H and O–H groups in total. The van der Waals surface area contributed by atoms with Crippen LogP contribution in [0.3, 0.4) is 0 Å². The highest BCUT2D eigenvalue weighted by Crippen LogP contribution is 2.17. The number of rotatable bonds is 5. The molecular weight excluding hydrogens is 178 g/mol. The van der Waals surface area contributed by atoms with E-state index in [1.54, 1.807) is 0 Å². The average molecular weight is 191 g/mol. The molecule has 1 aromatic rings. The molecule has 4 nitrogen and oxygen atoms in total. The number of aliphatic hydroxyl groups is 1. The number of aliphatic hydroxyl groups excluding tert-OH is 1. The van der Waals surface area contributed by atoms with Crippen LogP contribution in [0.25, 0.3) is 10.4 Å². The van der Waals surface area contributed by atoms with Crippen LogP contribution in [0.15, 0.2) is 35.4 Å². The zero-order valence-corrected chi connectivity index (χ0v) is 7.87. The summed E-state index contributed by atoms with van der Waals surface area (Å²) in [5.41, 5.74) is 8.95. The van der Waals surface area contributed by atoms with Crippen molar-refractivity contribution in [3.05, 3.63) is 46.3 Å². The lowest BCUT2D eigenvalue weighted by molar-refractivity contribution is 0.165. The highest BCUT2D eigenvalue weighted by Gasteiger charge is 2.04. The molecule has 1 unspecified atom stereocenters. The first kappa shape index (κ1) is 10.6. The molecule has 0 fully saturated rings. The van der Waals surface area contributed by atoms with Crippen molar-refractivity contribution in [1.29, 1.82) is 0 Å². The van der Waals surface area contributed by atoms with E-state index in [2.05, 4.69) is 10.0 Å². The quantitative estimate of drug-likeness (QED) is 0.330. The van der Waals surface area contributed by atoms with Crippen LogP contribution in [0.1, 0.15) is 24.5 Å². The molecule has 0 bridgehead atoms. The molecule has 4 heteroatoms. The second-order valence-electron chi connectivity index (χ2n) is 3.02. The van der Waals surface area contributed by atoms with Gasteiger partial charge >= 0.3 is 0 Å². The van der Waals surface area contributed by atoms with Gasteiger partial charge in [0.2, 0.25) is 0 Å². The van der Waals surface area contributed by atoms with E-state index in [0.717, 1.165) is 5.56 Å². The molecule has 0 heterocycles. The maximum absolute atomic E-state index is 9.69. The monoisotopic (exact) mass is 191 g/mol. The van der Waals surface area contributed by atoms with Gasteiger partial charge in [-0.2, -0.15) is 0 Å². The van der Waals surface area contributed by atoms with E-state index < -0.39 is 6.10 Å². The highest BCUT2D eigenvalue weighted by atomic mass is 16.3. The Morgan fingerprint density at radius 3 is 2.71 bits per heavy atom. The predicted octanol–water partition coefficient (Wildman–Crippen LogP) is 2.81. The number of nitrogens with zero attached hydrogens (tertiary/aromatic N) is 3. The zero-order chi connectivity index (χ0) is 10.2. The van der Waals surface area contributed by atoms with Crippen molar-refractivity contribution >= 4 is 0 Å². The molecule has 1 atom stereocenters. The third-order valence-electron chi connectivity index (χ3n) is 1.98. The van der Waals surface area contributed by atoms with E-state index in [9.17, 15) is 5.11 Å². The third kappa shape index (κ3) is 3.47. The summed E-state index contributed by atoms with van der Waals surface area (Å²) in [5.74, 6) is 0. The van der Waals surface area contributed by atoms with Crippen LogP contribution in [-0.2, 0) is 0 Å². The molecule has 14 heavy (non-hydrogen) atoms. The Kier molecular flexibility index (Phi) is 4.55. The number of benzene rings is 1. The summed E-state index contributed by atoms with van der Waals surface area (Å²) < 4.78 is 0. The molecule has 0 radical (unpaired) electrons. The summed E-state index contributed by atoms with van der Waals surface area (Å²) in [7, 11) is 0. The SMILES string of the molecule is [N-]=[N+]=NCCCC(O)c1ccccc1. The van der Waals surface area contributed by atoms with Crippen molar-refractivity contribution < 1.29 is 5.11 Å². The van der Waals surface area contributed by atoms with Crippen LogP contribution in [0.2, 0.25) is 0 Å². The Hall–Kier alpha value is -1.51. The fourth-order valence-electron chi connectivity index (χ4n) is 1.24. The lowest BCUT2D eigenvalue weighted by Crippen LogP contribution is -1.97. The second kappa shape index (κ2) is 6.02. The average Bonchev–Trinajstić information content (AvgIpc) is 2.25. The standard InChI is InChI=1S/C10H13N3O/c11-13-12-8-4-7-10(14)9-5-2-1-3-6-9/h1-3,5-6,10,14H,4,7-8H2. The summed E-state index contributed by atoms with van der Waals surface area (Å²) in [6.07, 6.45) is 0.883. The van der Waals surface area contributed by atoms with Gasteiger partial charge in [0, 0.05) is 11.5 Å². The molecule has 0 saturated carbocycles. The summed E-state index contributed by atoms with van der Waals surface area (Å²) in [6, 6.07) is 9.48. The van der Waals surface area contributed by atoms with Gasteiger partial charge in [-0.3, -0.25) is 0 Å². The number of azide groups is 1. The van der Waals surface area contributed by atoms with Gasteiger partial charge in [-0.05, 0) is 23.9 Å². The maximum Gasteiger partial charge on any atom is 0.0790 e. The predicted molar refractivity (Wildman–Crippen MR) is 54.6 cm³/mol. The molecule has 0 aliphatic heterocycles. The van der Waals surface area contributed by atoms with Gasteiger partial charge in [0.25, 0.3) is 0 Å². The van der Waals surface area contributed by atoms with Gasteiger partial charge in [0.15, 0.2) is 0 Å². The largest absolute Gasteiger partial charge is 0.388 e. The van der Waals surface area contributed by atoms with E-state index in [1.165, 1.54) is 0 Å². The third-order valence-corrected chi connectivity index (χ3v) is 1.98. The minimum atomic E-state index is -0.454. The van der Waals surface area contributed by atoms with Crippen molar-refractivity contribution in [3.63, 3.8) is 0 Å². The first-order chi connectivity index (χ1) is 6.84. The molecule has 0 spiro atoms. The Morgan fingerprint density at radius 1 is 1.36 bits per heavy atom. The van der Waals surface area contributed by atoms with E-state index in [-0.39, 0.29) is 0 Å². The summed E-state index contributed by atoms with van der Waals surface area (Å²) >= 11 is 0. The van der Waals surface area contributed by atoms with Gasteiger partial charge < -0.3 is 5.11 Å². The normalized spacial score (nSPS) is 11.8. The topological polar surface area (TPSA) is 69.0 Å². The molecule has 74 valence electrons. The Bertz CT molecular complexity index is 306. The van der Waals surface area contributed by atoms with Crippen LogP contribution >= 0.6 is 0 Å². The van der Waals surface area contributed by atoms with E-state index in [1.807, 2.05) is 30.3 Å². The van der Waals surface area contributed by atoms with Crippen molar-refractivity contribution in [3.8, 4) is 0 Å². The van der Waals surface area contributed by atoms with Crippen LogP contribution in [0, 0.1) is 0 Å². The molecule has 0 aliphatic carbocycles. The summed E-state index contributed by atoms with van der Waals surface area (Å²) in [6.45, 7) is 0.445. The first-order valence-corrected chi connectivity index (χ1v) is 4.58. The fourth-order valence-corrected chi connectivity index (χ4v) is 1.24. The number of hydrogen-bond acceptors (Lipinski definition) is 2. The molecule has 1 rings (SSSR count). The van der Waals surface area contributed by atoms with Gasteiger partial charge in [0.1, 0.15) is 0 Å². The molecule has 0 aromatic heterocycles. The first-order valence-electron chi connectivity index (χ1n) is 4.58. The van der Waals surface area contributed by atoms with Crippen molar-refractivity contribution in [2.75, 3.05) is 6.54 Å². The molecule has 1 aromatic carbocycles. The molecular formula is C10H13N3O. The Morgan fingerprint density at radius 2 is 2.07 bits per heavy atom. The molecule has 0 saturated heterocycles. The van der Waals surface area contributed by atoms with Gasteiger partial charge in [-0.25, -0.2) is 0 Å². The maximum atomic E-state index is 9.69. The van der Waals surface area contributed by atoms with Crippen LogP contribution in [0.5, 0.6) is 0 Å². The van der Waals surface area contributed by atoms with Crippen LogP contribution in [0.4, 0.5) is 0 Å². The minimum absolute atomic E-state index is 0.445. The van der Waals surface area contributed by atoms with Gasteiger partial charge in [0.05, 0.1) is 6.10 Å². The fraction of sp³-hybridized carbons (Fsp3) is 0.400. The number of hydrogen-bond donors (Lipinski definition) is 1. The van der Waals surface area contributed by atoms with Crippen LogP contribution in [-0.4, -0.2) is 11.7 Å². The molecule has 0 amide bonds. The Balaban J connectivity index is 2.35. The van der Waals surface area contributed by atoms with Crippen molar-refractivity contribution in [2.45, 2.75) is 18.9 Å². The van der Waals surface area contributed by atoms with Gasteiger partial charge in [-0.1, -0.05) is 35.4 Å². The zero-order valence-electron chi connectivity index (χ0n) is 7.87. The smallest absolute Gasteiger partial charge is 0.0790 e. The minimum Gasteiger partial charge on any atom is -0.388 e. The molecule has 0 aliphatic rings. The van der Waals surface area contributed by atoms with Crippen LogP contribution < -0.4 is 0 Å². The van der Waals surface area contributed by atoms with E-state index >= 15 is 0 Å². The van der Waals surface area contributed by atoms with Crippen molar-refractivity contribution in [1.82, 2.24) is 0 Å².